The zero-order valence-corrected chi connectivity index (χ0v) is 16.9. The van der Waals surface area contributed by atoms with Crippen molar-refractivity contribution >= 4 is 11.6 Å². The van der Waals surface area contributed by atoms with Crippen LogP contribution in [-0.4, -0.2) is 35.1 Å². The Kier molecular flexibility index (Phi) is 5.01. The van der Waals surface area contributed by atoms with E-state index in [0.717, 1.165) is 35.3 Å². The standard InChI is InChI=1S/C26H26N2O2/c29-17-24-21-13-14-28(25(30)15-18-7-3-1-4-8-18)26(21)22-16-20(11-12-23(22)27-24)19-9-5-2-6-10-19/h1-12,16,21,24,26-27,29H,13-15,17H2/t21-,24+,26-/m0/s1. The highest BCUT2D eigenvalue weighted by Gasteiger charge is 2.45. The normalized spacial score (nSPS) is 22.2. The summed E-state index contributed by atoms with van der Waals surface area (Å²) in [6.07, 6.45) is 1.31. The third kappa shape index (κ3) is 3.37. The molecule has 2 heterocycles. The average molecular weight is 399 g/mol. The molecule has 5 rings (SSSR count). The van der Waals surface area contributed by atoms with Gasteiger partial charge in [-0.25, -0.2) is 0 Å². The number of amides is 1. The van der Waals surface area contributed by atoms with E-state index in [1.165, 1.54) is 5.56 Å². The molecule has 3 aromatic carbocycles. The van der Waals surface area contributed by atoms with Crippen molar-refractivity contribution in [3.05, 3.63) is 90.0 Å². The van der Waals surface area contributed by atoms with Gasteiger partial charge >= 0.3 is 0 Å². The lowest BCUT2D eigenvalue weighted by atomic mass is 9.82. The topological polar surface area (TPSA) is 52.6 Å². The fourth-order valence-electron chi connectivity index (χ4n) is 5.02. The molecule has 2 aliphatic heterocycles. The molecule has 1 amide bonds. The first kappa shape index (κ1) is 18.9. The summed E-state index contributed by atoms with van der Waals surface area (Å²) in [5, 5.41) is 13.5. The van der Waals surface area contributed by atoms with E-state index >= 15 is 0 Å². The summed E-state index contributed by atoms with van der Waals surface area (Å²) in [6, 6.07) is 26.7. The Balaban J connectivity index is 1.51. The number of anilines is 1. The lowest BCUT2D eigenvalue weighted by Gasteiger charge is -2.39. The highest BCUT2D eigenvalue weighted by molar-refractivity contribution is 5.81. The van der Waals surface area contributed by atoms with Crippen LogP contribution in [0.3, 0.4) is 0 Å². The highest BCUT2D eigenvalue weighted by Crippen LogP contribution is 2.47. The van der Waals surface area contributed by atoms with Crippen LogP contribution in [0.2, 0.25) is 0 Å². The second kappa shape index (κ2) is 7.96. The van der Waals surface area contributed by atoms with Crippen LogP contribution in [0.5, 0.6) is 0 Å². The van der Waals surface area contributed by atoms with Crippen LogP contribution in [0, 0.1) is 5.92 Å². The molecule has 4 heteroatoms. The molecule has 0 radical (unpaired) electrons. The quantitative estimate of drug-likeness (QED) is 0.690. The maximum absolute atomic E-state index is 13.3. The minimum Gasteiger partial charge on any atom is -0.394 e. The molecule has 3 atom stereocenters. The van der Waals surface area contributed by atoms with E-state index in [1.54, 1.807) is 0 Å². The molecule has 0 bridgehead atoms. The van der Waals surface area contributed by atoms with Crippen molar-refractivity contribution in [1.29, 1.82) is 0 Å². The fraction of sp³-hybridized carbons (Fsp3) is 0.269. The number of aliphatic hydroxyl groups is 1. The van der Waals surface area contributed by atoms with Crippen LogP contribution in [0.25, 0.3) is 11.1 Å². The number of hydrogen-bond acceptors (Lipinski definition) is 3. The molecule has 0 aromatic heterocycles. The number of rotatable bonds is 4. The Bertz CT molecular complexity index is 1040. The first-order valence-electron chi connectivity index (χ1n) is 10.6. The van der Waals surface area contributed by atoms with E-state index in [-0.39, 0.29) is 30.5 Å². The average Bonchev–Trinajstić information content (AvgIpc) is 3.25. The minimum absolute atomic E-state index is 0.00160. The molecule has 30 heavy (non-hydrogen) atoms. The smallest absolute Gasteiger partial charge is 0.227 e. The molecule has 0 aliphatic carbocycles. The number of nitrogens with zero attached hydrogens (tertiary/aromatic N) is 1. The van der Waals surface area contributed by atoms with Crippen molar-refractivity contribution in [1.82, 2.24) is 4.90 Å². The molecule has 4 nitrogen and oxygen atoms in total. The number of aliphatic hydroxyl groups excluding tert-OH is 1. The molecule has 2 aliphatic rings. The molecule has 0 spiro atoms. The van der Waals surface area contributed by atoms with Gasteiger partial charge in [-0.15, -0.1) is 0 Å². The van der Waals surface area contributed by atoms with E-state index in [2.05, 4.69) is 35.6 Å². The third-order valence-electron chi connectivity index (χ3n) is 6.49. The highest BCUT2D eigenvalue weighted by atomic mass is 16.3. The summed E-state index contributed by atoms with van der Waals surface area (Å²) in [5.74, 6) is 0.372. The summed E-state index contributed by atoms with van der Waals surface area (Å²) in [7, 11) is 0. The van der Waals surface area contributed by atoms with Gasteiger partial charge < -0.3 is 15.3 Å². The van der Waals surface area contributed by atoms with Crippen LogP contribution >= 0.6 is 0 Å². The Hall–Kier alpha value is -3.11. The van der Waals surface area contributed by atoms with E-state index in [0.29, 0.717) is 6.42 Å². The zero-order valence-electron chi connectivity index (χ0n) is 16.9. The molecule has 0 unspecified atom stereocenters. The number of likely N-dealkylation sites (tertiary alicyclic amines) is 1. The Morgan fingerprint density at radius 2 is 1.70 bits per heavy atom. The van der Waals surface area contributed by atoms with Crippen molar-refractivity contribution in [2.75, 3.05) is 18.5 Å². The second-order valence-corrected chi connectivity index (χ2v) is 8.25. The van der Waals surface area contributed by atoms with Gasteiger partial charge in [0.25, 0.3) is 0 Å². The van der Waals surface area contributed by atoms with Gasteiger partial charge in [-0.2, -0.15) is 0 Å². The van der Waals surface area contributed by atoms with Crippen molar-refractivity contribution in [2.24, 2.45) is 5.92 Å². The van der Waals surface area contributed by atoms with Gasteiger partial charge in [0.1, 0.15) is 0 Å². The van der Waals surface area contributed by atoms with Crippen LogP contribution in [-0.2, 0) is 11.2 Å². The zero-order chi connectivity index (χ0) is 20.5. The monoisotopic (exact) mass is 398 g/mol. The van der Waals surface area contributed by atoms with Crippen LogP contribution in [0.15, 0.2) is 78.9 Å². The lowest BCUT2D eigenvalue weighted by molar-refractivity contribution is -0.131. The van der Waals surface area contributed by atoms with E-state index in [9.17, 15) is 9.90 Å². The van der Waals surface area contributed by atoms with Gasteiger partial charge in [0.15, 0.2) is 0 Å². The van der Waals surface area contributed by atoms with E-state index in [4.69, 9.17) is 0 Å². The van der Waals surface area contributed by atoms with Crippen molar-refractivity contribution in [3.63, 3.8) is 0 Å². The summed E-state index contributed by atoms with van der Waals surface area (Å²) in [4.78, 5) is 15.3. The molecule has 1 saturated heterocycles. The Morgan fingerprint density at radius 1 is 0.967 bits per heavy atom. The number of hydrogen-bond donors (Lipinski definition) is 2. The Labute approximate surface area is 177 Å². The summed E-state index contributed by atoms with van der Waals surface area (Å²) < 4.78 is 0. The first-order valence-corrected chi connectivity index (χ1v) is 10.6. The third-order valence-corrected chi connectivity index (χ3v) is 6.49. The molecular formula is C26H26N2O2. The van der Waals surface area contributed by atoms with Crippen molar-refractivity contribution < 1.29 is 9.90 Å². The predicted octanol–water partition coefficient (Wildman–Crippen LogP) is 4.27. The lowest BCUT2D eigenvalue weighted by Crippen LogP contribution is -2.43. The van der Waals surface area contributed by atoms with Gasteiger partial charge in [0.05, 0.1) is 25.1 Å². The van der Waals surface area contributed by atoms with Crippen molar-refractivity contribution in [3.8, 4) is 11.1 Å². The van der Waals surface area contributed by atoms with Crippen LogP contribution in [0.4, 0.5) is 5.69 Å². The molecular weight excluding hydrogens is 372 g/mol. The Morgan fingerprint density at radius 3 is 2.43 bits per heavy atom. The van der Waals surface area contributed by atoms with Crippen LogP contribution in [0.1, 0.15) is 23.6 Å². The largest absolute Gasteiger partial charge is 0.394 e. The SMILES string of the molecule is O=C(Cc1ccccc1)N1CC[C@@H]2[C@H]1c1cc(-c3ccccc3)ccc1N[C@@H]2CO. The fourth-order valence-corrected chi connectivity index (χ4v) is 5.02. The van der Waals surface area contributed by atoms with E-state index < -0.39 is 0 Å². The maximum Gasteiger partial charge on any atom is 0.227 e. The summed E-state index contributed by atoms with van der Waals surface area (Å²) in [5.41, 5.74) is 5.54. The molecule has 152 valence electrons. The number of fused-ring (bicyclic) bond motifs is 3. The second-order valence-electron chi connectivity index (χ2n) is 8.25. The van der Waals surface area contributed by atoms with Gasteiger partial charge in [-0.05, 0) is 40.8 Å². The minimum atomic E-state index is -0.0281. The molecule has 1 fully saturated rings. The predicted molar refractivity (Wildman–Crippen MR) is 119 cm³/mol. The van der Waals surface area contributed by atoms with Gasteiger partial charge in [-0.1, -0.05) is 66.7 Å². The number of nitrogens with one attached hydrogen (secondary N) is 1. The molecule has 0 saturated carbocycles. The molecule has 3 aromatic rings. The number of benzene rings is 3. The first-order chi connectivity index (χ1) is 14.7. The van der Waals surface area contributed by atoms with Crippen molar-refractivity contribution in [2.45, 2.75) is 24.9 Å². The summed E-state index contributed by atoms with van der Waals surface area (Å²) >= 11 is 0. The van der Waals surface area contributed by atoms with Gasteiger partial charge in [-0.3, -0.25) is 4.79 Å². The van der Waals surface area contributed by atoms with Gasteiger partial charge in [0.2, 0.25) is 5.91 Å². The molecule has 2 N–H and O–H groups in total. The summed E-state index contributed by atoms with van der Waals surface area (Å²) in [6.45, 7) is 0.802. The maximum atomic E-state index is 13.3. The van der Waals surface area contributed by atoms with Crippen LogP contribution < -0.4 is 5.32 Å². The van der Waals surface area contributed by atoms with Gasteiger partial charge in [0, 0.05) is 18.2 Å². The van der Waals surface area contributed by atoms with E-state index in [1.807, 2.05) is 53.4 Å². The number of carbonyl (C=O) groups excluding carboxylic acids is 1. The number of carbonyl (C=O) groups is 1.